The number of ether oxygens (including phenoxy) is 1. The van der Waals surface area contributed by atoms with Crippen LogP contribution in [0.3, 0.4) is 0 Å². The van der Waals surface area contributed by atoms with E-state index in [0.29, 0.717) is 11.7 Å². The minimum Gasteiger partial charge on any atom is -0.435 e. The fourth-order valence-corrected chi connectivity index (χ4v) is 2.19. The lowest BCUT2D eigenvalue weighted by Crippen LogP contribution is -2.24. The summed E-state index contributed by atoms with van der Waals surface area (Å²) in [5.74, 6) is 0.0807. The van der Waals surface area contributed by atoms with Crippen molar-refractivity contribution in [3.8, 4) is 5.75 Å². The molecule has 2 aromatic rings. The Morgan fingerprint density at radius 1 is 1.41 bits per heavy atom. The molecule has 0 aliphatic heterocycles. The lowest BCUT2D eigenvalue weighted by molar-refractivity contribution is -0.118. The Morgan fingerprint density at radius 2 is 2.14 bits per heavy atom. The lowest BCUT2D eigenvalue weighted by Gasteiger charge is -2.07. The summed E-state index contributed by atoms with van der Waals surface area (Å²) in [4.78, 5) is 11.7. The zero-order chi connectivity index (χ0) is 15.9. The van der Waals surface area contributed by atoms with Crippen molar-refractivity contribution in [1.82, 2.24) is 25.5 Å². The second kappa shape index (κ2) is 7.69. The number of hydrogen-bond donors (Lipinski definition) is 1. The molecule has 1 amide bonds. The predicted molar refractivity (Wildman–Crippen MR) is 74.4 cm³/mol. The van der Waals surface area contributed by atoms with Gasteiger partial charge in [-0.15, -0.1) is 5.10 Å². The second-order valence-electron chi connectivity index (χ2n) is 4.17. The molecule has 10 heteroatoms. The van der Waals surface area contributed by atoms with Gasteiger partial charge in [-0.25, -0.2) is 4.68 Å². The number of thioether (sulfide) groups is 1. The summed E-state index contributed by atoms with van der Waals surface area (Å²) in [6.45, 7) is -2.55. The maximum Gasteiger partial charge on any atom is 0.387 e. The molecule has 1 heterocycles. The molecule has 7 nitrogen and oxygen atoms in total. The Balaban J connectivity index is 1.75. The average Bonchev–Trinajstić information content (AvgIpc) is 2.89. The number of tetrazole rings is 1. The van der Waals surface area contributed by atoms with E-state index in [-0.39, 0.29) is 17.4 Å². The summed E-state index contributed by atoms with van der Waals surface area (Å²) < 4.78 is 29.7. The van der Waals surface area contributed by atoms with E-state index in [0.717, 1.165) is 5.56 Å². The standard InChI is InChI=1S/C12H13F2N5O2S/c1-19-12(16-17-18-19)22-7-10(20)15-6-8-2-4-9(5-3-8)21-11(13)14/h2-5,11H,6-7H2,1H3,(H,15,20). The minimum atomic E-state index is -2.85. The topological polar surface area (TPSA) is 81.9 Å². The number of nitrogens with one attached hydrogen (secondary N) is 1. The zero-order valence-corrected chi connectivity index (χ0v) is 12.4. The molecule has 0 radical (unpaired) electrons. The number of carbonyl (C=O) groups is 1. The predicted octanol–water partition coefficient (Wildman–Crippen LogP) is 1.22. The van der Waals surface area contributed by atoms with E-state index in [2.05, 4.69) is 25.6 Å². The summed E-state index contributed by atoms with van der Waals surface area (Å²) in [5.41, 5.74) is 0.778. The van der Waals surface area contributed by atoms with Gasteiger partial charge in [0.05, 0.1) is 5.75 Å². The fourth-order valence-electron chi connectivity index (χ4n) is 1.51. The number of amides is 1. The highest BCUT2D eigenvalue weighted by atomic mass is 32.2. The van der Waals surface area contributed by atoms with E-state index >= 15 is 0 Å². The van der Waals surface area contributed by atoms with Crippen molar-refractivity contribution in [2.45, 2.75) is 18.3 Å². The van der Waals surface area contributed by atoms with E-state index in [1.165, 1.54) is 28.6 Å². The van der Waals surface area contributed by atoms with Crippen LogP contribution in [0.15, 0.2) is 29.4 Å². The molecule has 2 rings (SSSR count). The van der Waals surface area contributed by atoms with E-state index in [4.69, 9.17) is 0 Å². The second-order valence-corrected chi connectivity index (χ2v) is 5.12. The number of aryl methyl sites for hydroxylation is 1. The van der Waals surface area contributed by atoms with Crippen LogP contribution in [0.2, 0.25) is 0 Å². The van der Waals surface area contributed by atoms with Crippen LogP contribution < -0.4 is 10.1 Å². The normalized spacial score (nSPS) is 10.7. The molecular weight excluding hydrogens is 316 g/mol. The fraction of sp³-hybridized carbons (Fsp3) is 0.333. The van der Waals surface area contributed by atoms with Crippen LogP contribution >= 0.6 is 11.8 Å². The number of hydrogen-bond acceptors (Lipinski definition) is 6. The van der Waals surface area contributed by atoms with Crippen LogP contribution in [-0.2, 0) is 18.4 Å². The number of carbonyl (C=O) groups excluding carboxylic acids is 1. The summed E-state index contributed by atoms with van der Waals surface area (Å²) in [5, 5.41) is 14.1. The molecule has 0 aliphatic rings. The molecule has 0 fully saturated rings. The average molecular weight is 329 g/mol. The summed E-state index contributed by atoms with van der Waals surface area (Å²) in [7, 11) is 1.68. The first-order valence-electron chi connectivity index (χ1n) is 6.20. The maximum atomic E-state index is 12.0. The van der Waals surface area contributed by atoms with Gasteiger partial charge in [-0.1, -0.05) is 23.9 Å². The van der Waals surface area contributed by atoms with Crippen molar-refractivity contribution in [3.05, 3.63) is 29.8 Å². The highest BCUT2D eigenvalue weighted by Crippen LogP contribution is 2.15. The largest absolute Gasteiger partial charge is 0.435 e. The smallest absolute Gasteiger partial charge is 0.387 e. The Kier molecular flexibility index (Phi) is 5.64. The monoisotopic (exact) mass is 329 g/mol. The summed E-state index contributed by atoms with van der Waals surface area (Å²) in [6, 6.07) is 6.07. The van der Waals surface area contributed by atoms with Crippen molar-refractivity contribution in [2.24, 2.45) is 7.05 Å². The summed E-state index contributed by atoms with van der Waals surface area (Å²) >= 11 is 1.22. The van der Waals surface area contributed by atoms with Gasteiger partial charge in [-0.05, 0) is 28.1 Å². The molecule has 0 atom stereocenters. The Labute approximate surface area is 129 Å². The highest BCUT2D eigenvalue weighted by molar-refractivity contribution is 7.99. The molecule has 0 unspecified atom stereocenters. The number of benzene rings is 1. The van der Waals surface area contributed by atoms with E-state index < -0.39 is 6.61 Å². The molecule has 0 saturated carbocycles. The Morgan fingerprint density at radius 3 is 2.73 bits per heavy atom. The molecule has 0 saturated heterocycles. The molecule has 118 valence electrons. The van der Waals surface area contributed by atoms with Gasteiger partial charge in [-0.3, -0.25) is 4.79 Å². The van der Waals surface area contributed by atoms with Crippen molar-refractivity contribution >= 4 is 17.7 Å². The number of aromatic nitrogens is 4. The Bertz CT molecular complexity index is 620. The lowest BCUT2D eigenvalue weighted by atomic mass is 10.2. The molecule has 22 heavy (non-hydrogen) atoms. The third kappa shape index (κ3) is 4.95. The molecule has 0 bridgehead atoms. The van der Waals surface area contributed by atoms with Crippen LogP contribution in [0.1, 0.15) is 5.56 Å². The number of halogens is 2. The Hall–Kier alpha value is -2.23. The highest BCUT2D eigenvalue weighted by Gasteiger charge is 2.08. The van der Waals surface area contributed by atoms with Gasteiger partial charge in [0.1, 0.15) is 5.75 Å². The molecule has 0 aliphatic carbocycles. The van der Waals surface area contributed by atoms with Crippen LogP contribution in [-0.4, -0.2) is 38.5 Å². The number of alkyl halides is 2. The van der Waals surface area contributed by atoms with E-state index in [1.807, 2.05) is 0 Å². The first kappa shape index (κ1) is 16.1. The van der Waals surface area contributed by atoms with Crippen molar-refractivity contribution < 1.29 is 18.3 Å². The SMILES string of the molecule is Cn1nnnc1SCC(=O)NCc1ccc(OC(F)F)cc1. The third-order valence-corrected chi connectivity index (χ3v) is 3.56. The first-order chi connectivity index (χ1) is 10.5. The van der Waals surface area contributed by atoms with E-state index in [9.17, 15) is 13.6 Å². The van der Waals surface area contributed by atoms with Gasteiger partial charge in [-0.2, -0.15) is 8.78 Å². The number of rotatable bonds is 7. The zero-order valence-electron chi connectivity index (χ0n) is 11.6. The van der Waals surface area contributed by atoms with Gasteiger partial charge in [0, 0.05) is 13.6 Å². The van der Waals surface area contributed by atoms with Gasteiger partial charge < -0.3 is 10.1 Å². The molecule has 1 N–H and O–H groups in total. The van der Waals surface area contributed by atoms with Gasteiger partial charge in [0.15, 0.2) is 0 Å². The maximum absolute atomic E-state index is 12.0. The van der Waals surface area contributed by atoms with Gasteiger partial charge in [0.25, 0.3) is 0 Å². The summed E-state index contributed by atoms with van der Waals surface area (Å²) in [6.07, 6.45) is 0. The third-order valence-electron chi connectivity index (χ3n) is 2.55. The van der Waals surface area contributed by atoms with Gasteiger partial charge in [0.2, 0.25) is 11.1 Å². The van der Waals surface area contributed by atoms with Crippen molar-refractivity contribution in [3.63, 3.8) is 0 Å². The van der Waals surface area contributed by atoms with Crippen LogP contribution in [0, 0.1) is 0 Å². The van der Waals surface area contributed by atoms with E-state index in [1.54, 1.807) is 19.2 Å². The first-order valence-corrected chi connectivity index (χ1v) is 7.19. The molecular formula is C12H13F2N5O2S. The van der Waals surface area contributed by atoms with Gasteiger partial charge >= 0.3 is 6.61 Å². The molecule has 1 aromatic carbocycles. The van der Waals surface area contributed by atoms with Crippen molar-refractivity contribution in [1.29, 1.82) is 0 Å². The quantitative estimate of drug-likeness (QED) is 0.769. The molecule has 1 aromatic heterocycles. The van der Waals surface area contributed by atoms with Crippen LogP contribution in [0.25, 0.3) is 0 Å². The molecule has 0 spiro atoms. The van der Waals surface area contributed by atoms with Crippen molar-refractivity contribution in [2.75, 3.05) is 5.75 Å². The minimum absolute atomic E-state index is 0.0791. The van der Waals surface area contributed by atoms with Crippen LogP contribution in [0.4, 0.5) is 8.78 Å². The number of nitrogens with zero attached hydrogens (tertiary/aromatic N) is 4. The van der Waals surface area contributed by atoms with Crippen LogP contribution in [0.5, 0.6) is 5.75 Å².